The maximum Gasteiger partial charge on any atom is 0.275 e. The summed E-state index contributed by atoms with van der Waals surface area (Å²) >= 11 is 0. The van der Waals surface area contributed by atoms with Crippen LogP contribution in [0.15, 0.2) is 6.07 Å². The monoisotopic (exact) mass is 267 g/mol. The van der Waals surface area contributed by atoms with E-state index in [9.17, 15) is 4.79 Å². The number of ether oxygens (including phenoxy) is 2. The summed E-state index contributed by atoms with van der Waals surface area (Å²) in [6.07, 6.45) is 0.883. The Kier molecular flexibility index (Phi) is 4.09. The Morgan fingerprint density at radius 1 is 1.63 bits per heavy atom. The maximum atomic E-state index is 12.6. The molecule has 1 saturated heterocycles. The second-order valence-electron chi connectivity index (χ2n) is 5.02. The van der Waals surface area contributed by atoms with E-state index in [1.165, 1.54) is 0 Å². The first-order valence-electron chi connectivity index (χ1n) is 6.53. The predicted molar refractivity (Wildman–Crippen MR) is 70.3 cm³/mol. The lowest BCUT2D eigenvalue weighted by atomic mass is 10.1. The van der Waals surface area contributed by atoms with Gasteiger partial charge in [-0.05, 0) is 20.3 Å². The summed E-state index contributed by atoms with van der Waals surface area (Å²) in [5, 5.41) is 4.22. The molecular weight excluding hydrogens is 246 g/mol. The molecule has 2 rings (SSSR count). The molecule has 0 spiro atoms. The molecule has 2 heterocycles. The zero-order valence-corrected chi connectivity index (χ0v) is 11.9. The van der Waals surface area contributed by atoms with E-state index < -0.39 is 0 Å². The molecule has 0 bridgehead atoms. The lowest BCUT2D eigenvalue weighted by molar-refractivity contribution is 0.0574. The second kappa shape index (κ2) is 5.61. The molecule has 0 aromatic carbocycles. The molecule has 1 aromatic heterocycles. The van der Waals surface area contributed by atoms with Gasteiger partial charge in [-0.15, -0.1) is 0 Å². The van der Waals surface area contributed by atoms with Gasteiger partial charge in [0.25, 0.3) is 5.91 Å². The van der Waals surface area contributed by atoms with Gasteiger partial charge in [-0.25, -0.2) is 4.68 Å². The van der Waals surface area contributed by atoms with Crippen LogP contribution in [0.5, 0.6) is 5.88 Å². The fraction of sp³-hybridized carbons (Fsp3) is 0.692. The highest BCUT2D eigenvalue weighted by Crippen LogP contribution is 2.20. The first-order valence-corrected chi connectivity index (χ1v) is 6.53. The van der Waals surface area contributed by atoms with Gasteiger partial charge in [0.05, 0.1) is 19.8 Å². The van der Waals surface area contributed by atoms with Crippen molar-refractivity contribution in [3.05, 3.63) is 11.8 Å². The quantitative estimate of drug-likeness (QED) is 0.819. The molecule has 6 heteroatoms. The van der Waals surface area contributed by atoms with E-state index in [1.54, 1.807) is 24.9 Å². The lowest BCUT2D eigenvalue weighted by Crippen LogP contribution is -2.45. The molecule has 1 amide bonds. The highest BCUT2D eigenvalue weighted by atomic mass is 16.5. The normalized spacial score (nSPS) is 18.9. The number of hydrogen-bond acceptors (Lipinski definition) is 4. The van der Waals surface area contributed by atoms with Gasteiger partial charge in [0.15, 0.2) is 5.69 Å². The molecular formula is C13H21N3O3. The van der Waals surface area contributed by atoms with Crippen LogP contribution in [0.2, 0.25) is 0 Å². The Morgan fingerprint density at radius 3 is 2.84 bits per heavy atom. The van der Waals surface area contributed by atoms with E-state index in [2.05, 4.69) is 5.10 Å². The Hall–Kier alpha value is -1.56. The third-order valence-corrected chi connectivity index (χ3v) is 3.36. The minimum absolute atomic E-state index is 0.0654. The van der Waals surface area contributed by atoms with Gasteiger partial charge < -0.3 is 14.4 Å². The summed E-state index contributed by atoms with van der Waals surface area (Å²) in [6.45, 7) is 5.34. The van der Waals surface area contributed by atoms with Crippen molar-refractivity contribution in [3.63, 3.8) is 0 Å². The van der Waals surface area contributed by atoms with Gasteiger partial charge in [0.1, 0.15) is 0 Å². The molecule has 1 aliphatic heterocycles. The van der Waals surface area contributed by atoms with Gasteiger partial charge in [0, 0.05) is 25.8 Å². The van der Waals surface area contributed by atoms with E-state index in [-0.39, 0.29) is 18.0 Å². The van der Waals surface area contributed by atoms with Crippen molar-refractivity contribution >= 4 is 5.91 Å². The predicted octanol–water partition coefficient (Wildman–Crippen LogP) is 1.07. The maximum absolute atomic E-state index is 12.6. The number of hydrogen-bond donors (Lipinski definition) is 0. The van der Waals surface area contributed by atoms with E-state index in [1.807, 2.05) is 18.7 Å². The summed E-state index contributed by atoms with van der Waals surface area (Å²) in [4.78, 5) is 14.4. The molecule has 1 atom stereocenters. The average molecular weight is 267 g/mol. The van der Waals surface area contributed by atoms with Crippen molar-refractivity contribution < 1.29 is 14.3 Å². The molecule has 0 saturated carbocycles. The van der Waals surface area contributed by atoms with Gasteiger partial charge in [0.2, 0.25) is 5.88 Å². The summed E-state index contributed by atoms with van der Waals surface area (Å²) in [5.41, 5.74) is 0.417. The van der Waals surface area contributed by atoms with Crippen LogP contribution < -0.4 is 4.74 Å². The van der Waals surface area contributed by atoms with Crippen molar-refractivity contribution in [3.8, 4) is 5.88 Å². The summed E-state index contributed by atoms with van der Waals surface area (Å²) in [7, 11) is 3.32. The minimum atomic E-state index is -0.0654. The molecule has 1 aromatic rings. The Bertz CT molecular complexity index is 450. The molecule has 0 N–H and O–H groups in total. The largest absolute Gasteiger partial charge is 0.481 e. The smallest absolute Gasteiger partial charge is 0.275 e. The first kappa shape index (κ1) is 13.9. The molecule has 1 unspecified atom stereocenters. The molecule has 106 valence electrons. The van der Waals surface area contributed by atoms with Gasteiger partial charge >= 0.3 is 0 Å². The summed E-state index contributed by atoms with van der Waals surface area (Å²) in [5.74, 6) is 0.513. The van der Waals surface area contributed by atoms with Crippen LogP contribution in [0.4, 0.5) is 0 Å². The fourth-order valence-electron chi connectivity index (χ4n) is 2.44. The first-order chi connectivity index (χ1) is 9.04. The van der Waals surface area contributed by atoms with Crippen LogP contribution in [-0.2, 0) is 11.8 Å². The van der Waals surface area contributed by atoms with Crippen LogP contribution in [0.3, 0.4) is 0 Å². The molecule has 6 nitrogen and oxygen atoms in total. The van der Waals surface area contributed by atoms with Crippen LogP contribution in [0.25, 0.3) is 0 Å². The van der Waals surface area contributed by atoms with E-state index in [0.29, 0.717) is 24.8 Å². The number of methoxy groups -OCH3 is 1. The fourth-order valence-corrected chi connectivity index (χ4v) is 2.44. The molecule has 1 fully saturated rings. The number of aromatic nitrogens is 2. The third-order valence-electron chi connectivity index (χ3n) is 3.36. The van der Waals surface area contributed by atoms with Gasteiger partial charge in [-0.2, -0.15) is 5.10 Å². The van der Waals surface area contributed by atoms with Crippen molar-refractivity contribution in [2.45, 2.75) is 32.4 Å². The number of aryl methyl sites for hydroxylation is 1. The number of carbonyl (C=O) groups is 1. The number of nitrogens with zero attached hydrogens (tertiary/aromatic N) is 3. The number of carbonyl (C=O) groups excluding carboxylic acids is 1. The molecule has 1 aliphatic rings. The topological polar surface area (TPSA) is 56.6 Å². The van der Waals surface area contributed by atoms with E-state index >= 15 is 0 Å². The minimum Gasteiger partial charge on any atom is -0.481 e. The molecule has 19 heavy (non-hydrogen) atoms. The lowest BCUT2D eigenvalue weighted by Gasteiger charge is -2.31. The standard InChI is InChI=1S/C13H21N3O3/c1-9(2)16(10-5-6-19-8-10)13(17)11-7-12(18-4)15(3)14-11/h7,9-10H,5-6,8H2,1-4H3. The van der Waals surface area contributed by atoms with Crippen molar-refractivity contribution in [2.75, 3.05) is 20.3 Å². The van der Waals surface area contributed by atoms with Crippen LogP contribution in [-0.4, -0.2) is 53.0 Å². The van der Waals surface area contributed by atoms with E-state index in [0.717, 1.165) is 6.42 Å². The second-order valence-corrected chi connectivity index (χ2v) is 5.02. The molecule has 0 radical (unpaired) electrons. The third kappa shape index (κ3) is 2.73. The van der Waals surface area contributed by atoms with Crippen LogP contribution in [0.1, 0.15) is 30.8 Å². The summed E-state index contributed by atoms with van der Waals surface area (Å²) < 4.78 is 12.1. The Labute approximate surface area is 113 Å². The summed E-state index contributed by atoms with van der Waals surface area (Å²) in [6, 6.07) is 1.93. The number of amides is 1. The average Bonchev–Trinajstić information content (AvgIpc) is 2.98. The van der Waals surface area contributed by atoms with Crippen molar-refractivity contribution in [2.24, 2.45) is 7.05 Å². The number of rotatable bonds is 4. The molecule has 0 aliphatic carbocycles. The SMILES string of the molecule is COc1cc(C(=O)N(C(C)C)C2CCOC2)nn1C. The zero-order valence-electron chi connectivity index (χ0n) is 11.9. The van der Waals surface area contributed by atoms with Crippen LogP contribution >= 0.6 is 0 Å². The van der Waals surface area contributed by atoms with Gasteiger partial charge in [-0.3, -0.25) is 4.79 Å². The van der Waals surface area contributed by atoms with Crippen molar-refractivity contribution in [1.29, 1.82) is 0 Å². The highest BCUT2D eigenvalue weighted by Gasteiger charge is 2.31. The van der Waals surface area contributed by atoms with E-state index in [4.69, 9.17) is 9.47 Å². The Morgan fingerprint density at radius 2 is 2.37 bits per heavy atom. The zero-order chi connectivity index (χ0) is 14.0. The highest BCUT2D eigenvalue weighted by molar-refractivity contribution is 5.93. The Balaban J connectivity index is 2.23. The van der Waals surface area contributed by atoms with Gasteiger partial charge in [-0.1, -0.05) is 0 Å². The van der Waals surface area contributed by atoms with Crippen molar-refractivity contribution in [1.82, 2.24) is 14.7 Å². The van der Waals surface area contributed by atoms with Crippen LogP contribution in [0, 0.1) is 0 Å².